The van der Waals surface area contributed by atoms with Crippen molar-refractivity contribution in [3.63, 3.8) is 0 Å². The third-order valence-electron chi connectivity index (χ3n) is 4.31. The van der Waals surface area contributed by atoms with Gasteiger partial charge in [0.05, 0.1) is 29.1 Å². The molecular weight excluding hydrogens is 343 g/mol. The van der Waals surface area contributed by atoms with E-state index in [4.69, 9.17) is 11.0 Å². The van der Waals surface area contributed by atoms with Crippen LogP contribution in [0.1, 0.15) is 23.1 Å². The van der Waals surface area contributed by atoms with Gasteiger partial charge in [-0.05, 0) is 30.3 Å². The zero-order valence-corrected chi connectivity index (χ0v) is 14.2. The van der Waals surface area contributed by atoms with Crippen LogP contribution in [0, 0.1) is 17.1 Å². The summed E-state index contributed by atoms with van der Waals surface area (Å²) < 4.78 is 15.3. The van der Waals surface area contributed by atoms with Gasteiger partial charge in [-0.25, -0.2) is 14.1 Å². The van der Waals surface area contributed by atoms with Crippen LogP contribution in [0.15, 0.2) is 60.9 Å². The third kappa shape index (κ3) is 3.14. The number of para-hydroxylation sites is 1. The molecule has 0 saturated heterocycles. The largest absolute Gasteiger partial charge is 0.322 e. The fourth-order valence-corrected chi connectivity index (χ4v) is 3.03. The van der Waals surface area contributed by atoms with Crippen molar-refractivity contribution in [2.24, 2.45) is 5.73 Å². The Balaban J connectivity index is 1.72. The van der Waals surface area contributed by atoms with Crippen molar-refractivity contribution in [3.8, 4) is 11.8 Å². The Hall–Kier alpha value is -3.63. The molecule has 0 saturated carbocycles. The summed E-state index contributed by atoms with van der Waals surface area (Å²) in [4.78, 5) is 8.48. The minimum Gasteiger partial charge on any atom is -0.322 e. The lowest BCUT2D eigenvalue weighted by Gasteiger charge is -2.15. The zero-order valence-electron chi connectivity index (χ0n) is 14.2. The molecule has 0 amide bonds. The number of aromatic nitrogens is 4. The molecule has 2 N–H and O–H groups in total. The molecular formula is C20H15FN6. The zero-order chi connectivity index (χ0) is 18.8. The van der Waals surface area contributed by atoms with Crippen LogP contribution in [-0.4, -0.2) is 19.7 Å². The predicted molar refractivity (Wildman–Crippen MR) is 98.4 cm³/mol. The molecule has 0 unspecified atom stereocenters. The van der Waals surface area contributed by atoms with E-state index in [1.54, 1.807) is 23.1 Å². The van der Waals surface area contributed by atoms with E-state index in [1.165, 1.54) is 12.1 Å². The fraction of sp³-hybridized carbons (Fsp3) is 0.100. The van der Waals surface area contributed by atoms with Gasteiger partial charge in [-0.1, -0.05) is 18.2 Å². The van der Waals surface area contributed by atoms with Gasteiger partial charge in [0, 0.05) is 23.7 Å². The van der Waals surface area contributed by atoms with Gasteiger partial charge in [-0.2, -0.15) is 10.4 Å². The number of hydrogen-bond acceptors (Lipinski definition) is 5. The first kappa shape index (κ1) is 16.8. The molecule has 27 heavy (non-hydrogen) atoms. The molecule has 0 aliphatic heterocycles. The molecule has 0 bridgehead atoms. The van der Waals surface area contributed by atoms with E-state index >= 15 is 0 Å². The molecule has 132 valence electrons. The van der Waals surface area contributed by atoms with Crippen LogP contribution < -0.4 is 5.73 Å². The molecule has 1 aromatic carbocycles. The van der Waals surface area contributed by atoms with E-state index in [0.717, 1.165) is 16.6 Å². The first-order valence-corrected chi connectivity index (χ1v) is 8.36. The molecule has 0 fully saturated rings. The van der Waals surface area contributed by atoms with E-state index < -0.39 is 11.9 Å². The van der Waals surface area contributed by atoms with Gasteiger partial charge in [-0.3, -0.25) is 4.98 Å². The second-order valence-electron chi connectivity index (χ2n) is 6.08. The average Bonchev–Trinajstić information content (AvgIpc) is 3.13. The Kier molecular flexibility index (Phi) is 4.32. The van der Waals surface area contributed by atoms with Crippen molar-refractivity contribution in [1.29, 1.82) is 5.26 Å². The van der Waals surface area contributed by atoms with Crippen LogP contribution in [-0.2, 0) is 6.42 Å². The molecule has 3 aromatic heterocycles. The van der Waals surface area contributed by atoms with Crippen molar-refractivity contribution < 1.29 is 4.39 Å². The normalized spacial score (nSPS) is 12.0. The van der Waals surface area contributed by atoms with E-state index in [9.17, 15) is 4.39 Å². The van der Waals surface area contributed by atoms with E-state index in [0.29, 0.717) is 17.8 Å². The van der Waals surface area contributed by atoms with Gasteiger partial charge in [-0.15, -0.1) is 0 Å². The SMILES string of the molecule is N#Cc1nc(C[C@H](N)c2ncccc2-n2ncc3ccccc32)ccc1F. The molecule has 4 aromatic rings. The predicted octanol–water partition coefficient (Wildman–Crippen LogP) is 3.07. The minimum absolute atomic E-state index is 0.237. The van der Waals surface area contributed by atoms with Crippen molar-refractivity contribution in [3.05, 3.63) is 83.8 Å². The van der Waals surface area contributed by atoms with Crippen molar-refractivity contribution in [2.45, 2.75) is 12.5 Å². The van der Waals surface area contributed by atoms with E-state index in [2.05, 4.69) is 15.1 Å². The lowest BCUT2D eigenvalue weighted by Crippen LogP contribution is -2.19. The maximum absolute atomic E-state index is 13.5. The molecule has 0 radical (unpaired) electrons. The fourth-order valence-electron chi connectivity index (χ4n) is 3.03. The highest BCUT2D eigenvalue weighted by Gasteiger charge is 2.18. The second kappa shape index (κ2) is 6.94. The minimum atomic E-state index is -0.642. The smallest absolute Gasteiger partial charge is 0.176 e. The van der Waals surface area contributed by atoms with Crippen LogP contribution in [0.25, 0.3) is 16.6 Å². The number of halogens is 1. The quantitative estimate of drug-likeness (QED) is 0.605. The van der Waals surface area contributed by atoms with Gasteiger partial charge in [0.1, 0.15) is 6.07 Å². The van der Waals surface area contributed by atoms with Crippen LogP contribution in [0.4, 0.5) is 4.39 Å². The van der Waals surface area contributed by atoms with E-state index in [1.807, 2.05) is 36.4 Å². The summed E-state index contributed by atoms with van der Waals surface area (Å²) in [5.74, 6) is -0.642. The summed E-state index contributed by atoms with van der Waals surface area (Å²) in [6.45, 7) is 0. The molecule has 7 heteroatoms. The summed E-state index contributed by atoms with van der Waals surface area (Å²) in [5, 5.41) is 14.4. The van der Waals surface area contributed by atoms with Gasteiger partial charge in [0.2, 0.25) is 0 Å². The van der Waals surface area contributed by atoms with Crippen molar-refractivity contribution in [1.82, 2.24) is 19.7 Å². The summed E-state index contributed by atoms with van der Waals surface area (Å²) in [6.07, 6.45) is 3.78. The highest BCUT2D eigenvalue weighted by atomic mass is 19.1. The first-order valence-electron chi connectivity index (χ1n) is 8.36. The highest BCUT2D eigenvalue weighted by molar-refractivity contribution is 5.80. The molecule has 1 atom stereocenters. The number of fused-ring (bicyclic) bond motifs is 1. The maximum Gasteiger partial charge on any atom is 0.176 e. The van der Waals surface area contributed by atoms with Crippen LogP contribution >= 0.6 is 0 Å². The monoisotopic (exact) mass is 358 g/mol. The Labute approximate surface area is 154 Å². The number of hydrogen-bond donors (Lipinski definition) is 1. The first-order chi connectivity index (χ1) is 13.2. The Bertz CT molecular complexity index is 1160. The molecule has 3 heterocycles. The van der Waals surface area contributed by atoms with Gasteiger partial charge in [0.25, 0.3) is 0 Å². The molecule has 0 spiro atoms. The summed E-state index contributed by atoms with van der Waals surface area (Å²) >= 11 is 0. The summed E-state index contributed by atoms with van der Waals surface area (Å²) in [7, 11) is 0. The number of pyridine rings is 2. The number of rotatable bonds is 4. The Morgan fingerprint density at radius 1 is 1.15 bits per heavy atom. The lowest BCUT2D eigenvalue weighted by atomic mass is 10.1. The van der Waals surface area contributed by atoms with E-state index in [-0.39, 0.29) is 5.69 Å². The van der Waals surface area contributed by atoms with Gasteiger partial charge in [0.15, 0.2) is 11.5 Å². The Morgan fingerprint density at radius 3 is 2.85 bits per heavy atom. The van der Waals surface area contributed by atoms with Gasteiger partial charge < -0.3 is 5.73 Å². The highest BCUT2D eigenvalue weighted by Crippen LogP contribution is 2.24. The standard InChI is InChI=1S/C20H15FN6/c21-15-8-7-14(26-17(15)11-22)10-16(23)20-19(6-3-9-24-20)27-18-5-2-1-4-13(18)12-25-27/h1-9,12,16H,10,23H2/t16-/m0/s1. The van der Waals surface area contributed by atoms with Crippen LogP contribution in [0.3, 0.4) is 0 Å². The third-order valence-corrected chi connectivity index (χ3v) is 4.31. The number of nitriles is 1. The lowest BCUT2D eigenvalue weighted by molar-refractivity contribution is 0.608. The number of benzene rings is 1. The Morgan fingerprint density at radius 2 is 2.00 bits per heavy atom. The van der Waals surface area contributed by atoms with Crippen molar-refractivity contribution in [2.75, 3.05) is 0 Å². The number of nitrogens with zero attached hydrogens (tertiary/aromatic N) is 5. The van der Waals surface area contributed by atoms with Gasteiger partial charge >= 0.3 is 0 Å². The average molecular weight is 358 g/mol. The second-order valence-corrected chi connectivity index (χ2v) is 6.08. The van der Waals surface area contributed by atoms with Crippen molar-refractivity contribution >= 4 is 10.9 Å². The summed E-state index contributed by atoms with van der Waals surface area (Å²) in [6, 6.07) is 15.6. The molecule has 0 aliphatic carbocycles. The van der Waals surface area contributed by atoms with Crippen LogP contribution in [0.2, 0.25) is 0 Å². The number of nitrogens with two attached hydrogens (primary N) is 1. The molecule has 0 aliphatic rings. The van der Waals surface area contributed by atoms with Crippen LogP contribution in [0.5, 0.6) is 0 Å². The molecule has 6 nitrogen and oxygen atoms in total. The summed E-state index contributed by atoms with van der Waals surface area (Å²) in [5.41, 5.74) is 9.05. The topological polar surface area (TPSA) is 93.4 Å². The molecule has 4 rings (SSSR count). The maximum atomic E-state index is 13.5.